The summed E-state index contributed by atoms with van der Waals surface area (Å²) in [5.41, 5.74) is 6.65. The number of methoxy groups -OCH3 is 2. The summed E-state index contributed by atoms with van der Waals surface area (Å²) < 4.78 is 10.4. The van der Waals surface area contributed by atoms with Crippen LogP contribution in [0.2, 0.25) is 0 Å². The second-order valence-corrected chi connectivity index (χ2v) is 4.56. The molecule has 0 heterocycles. The summed E-state index contributed by atoms with van der Waals surface area (Å²) in [6.45, 7) is 0.552. The monoisotopic (exact) mass is 237 g/mol. The highest BCUT2D eigenvalue weighted by Crippen LogP contribution is 2.48. The number of benzene rings is 1. The maximum Gasteiger partial charge on any atom is 0.164 e. The second kappa shape index (κ2) is 4.45. The van der Waals surface area contributed by atoms with Crippen LogP contribution < -0.4 is 15.2 Å². The lowest BCUT2D eigenvalue weighted by atomic mass is 9.64. The van der Waals surface area contributed by atoms with Crippen LogP contribution in [-0.2, 0) is 5.41 Å². The van der Waals surface area contributed by atoms with E-state index in [1.54, 1.807) is 20.3 Å². The van der Waals surface area contributed by atoms with Crippen molar-refractivity contribution in [1.29, 1.82) is 0 Å². The summed E-state index contributed by atoms with van der Waals surface area (Å²) in [6, 6.07) is 3.45. The van der Waals surface area contributed by atoms with Crippen molar-refractivity contribution < 1.29 is 14.6 Å². The van der Waals surface area contributed by atoms with Crippen LogP contribution in [0.5, 0.6) is 17.2 Å². The fourth-order valence-electron chi connectivity index (χ4n) is 2.48. The summed E-state index contributed by atoms with van der Waals surface area (Å²) >= 11 is 0. The predicted molar refractivity (Wildman–Crippen MR) is 65.8 cm³/mol. The molecule has 2 rings (SSSR count). The Labute approximate surface area is 101 Å². The van der Waals surface area contributed by atoms with E-state index in [9.17, 15) is 5.11 Å². The van der Waals surface area contributed by atoms with Crippen LogP contribution in [0.1, 0.15) is 24.8 Å². The highest BCUT2D eigenvalue weighted by molar-refractivity contribution is 5.53. The van der Waals surface area contributed by atoms with Crippen molar-refractivity contribution in [2.75, 3.05) is 20.8 Å². The van der Waals surface area contributed by atoms with Gasteiger partial charge in [-0.2, -0.15) is 0 Å². The third kappa shape index (κ3) is 1.82. The Morgan fingerprint density at radius 2 is 1.82 bits per heavy atom. The Morgan fingerprint density at radius 3 is 2.24 bits per heavy atom. The molecule has 0 spiro atoms. The fraction of sp³-hybridized carbons (Fsp3) is 0.538. The normalized spacial score (nSPS) is 17.4. The van der Waals surface area contributed by atoms with Gasteiger partial charge in [0.05, 0.1) is 14.2 Å². The van der Waals surface area contributed by atoms with Crippen LogP contribution in [0.3, 0.4) is 0 Å². The van der Waals surface area contributed by atoms with Crippen LogP contribution in [0.4, 0.5) is 0 Å². The van der Waals surface area contributed by atoms with Gasteiger partial charge in [-0.25, -0.2) is 0 Å². The van der Waals surface area contributed by atoms with Crippen molar-refractivity contribution >= 4 is 0 Å². The van der Waals surface area contributed by atoms with Gasteiger partial charge in [0, 0.05) is 23.6 Å². The molecule has 0 aliphatic heterocycles. The maximum atomic E-state index is 10.1. The molecule has 0 aromatic heterocycles. The van der Waals surface area contributed by atoms with Crippen LogP contribution in [-0.4, -0.2) is 25.9 Å². The minimum atomic E-state index is -0.0797. The highest BCUT2D eigenvalue weighted by atomic mass is 16.5. The summed E-state index contributed by atoms with van der Waals surface area (Å²) in [6.07, 6.45) is 3.20. The van der Waals surface area contributed by atoms with E-state index < -0.39 is 0 Å². The summed E-state index contributed by atoms with van der Waals surface area (Å²) in [5.74, 6) is 1.42. The minimum absolute atomic E-state index is 0.0797. The quantitative estimate of drug-likeness (QED) is 0.838. The molecule has 0 amide bonds. The van der Waals surface area contributed by atoms with Gasteiger partial charge in [-0.3, -0.25) is 0 Å². The molecule has 0 radical (unpaired) electrons. The van der Waals surface area contributed by atoms with E-state index in [-0.39, 0.29) is 11.2 Å². The van der Waals surface area contributed by atoms with E-state index in [0.717, 1.165) is 24.8 Å². The predicted octanol–water partition coefficient (Wildman–Crippen LogP) is 1.79. The first-order chi connectivity index (χ1) is 8.16. The third-order valence-corrected chi connectivity index (χ3v) is 3.77. The van der Waals surface area contributed by atoms with Crippen molar-refractivity contribution in [3.63, 3.8) is 0 Å². The Hall–Kier alpha value is -1.42. The SMILES string of the molecule is COc1cc(O)c(C2(CN)CCC2)cc1OC. The number of hydrogen-bond donors (Lipinski definition) is 2. The Kier molecular flexibility index (Phi) is 3.15. The molecular formula is C13H19NO3. The number of hydrogen-bond acceptors (Lipinski definition) is 4. The van der Waals surface area contributed by atoms with Crippen molar-refractivity contribution in [2.45, 2.75) is 24.7 Å². The van der Waals surface area contributed by atoms with Crippen LogP contribution in [0.15, 0.2) is 12.1 Å². The Morgan fingerprint density at radius 1 is 1.24 bits per heavy atom. The zero-order valence-corrected chi connectivity index (χ0v) is 10.3. The molecule has 3 N–H and O–H groups in total. The first-order valence-electron chi connectivity index (χ1n) is 5.82. The molecule has 94 valence electrons. The molecule has 1 aromatic rings. The number of ether oxygens (including phenoxy) is 2. The molecule has 0 atom stereocenters. The lowest BCUT2D eigenvalue weighted by Gasteiger charge is -2.41. The molecule has 0 unspecified atom stereocenters. The van der Waals surface area contributed by atoms with Crippen LogP contribution >= 0.6 is 0 Å². The molecule has 1 aromatic carbocycles. The van der Waals surface area contributed by atoms with Crippen molar-refractivity contribution in [2.24, 2.45) is 5.73 Å². The van der Waals surface area contributed by atoms with Crippen molar-refractivity contribution in [3.05, 3.63) is 17.7 Å². The van der Waals surface area contributed by atoms with Crippen molar-refractivity contribution in [1.82, 2.24) is 0 Å². The van der Waals surface area contributed by atoms with Gasteiger partial charge < -0.3 is 20.3 Å². The Balaban J connectivity index is 2.47. The van der Waals surface area contributed by atoms with E-state index in [1.165, 1.54) is 0 Å². The van der Waals surface area contributed by atoms with E-state index in [1.807, 2.05) is 6.07 Å². The minimum Gasteiger partial charge on any atom is -0.508 e. The van der Waals surface area contributed by atoms with Gasteiger partial charge in [-0.05, 0) is 18.9 Å². The lowest BCUT2D eigenvalue weighted by Crippen LogP contribution is -2.41. The molecule has 17 heavy (non-hydrogen) atoms. The standard InChI is InChI=1S/C13H19NO3/c1-16-11-6-9(10(15)7-12(11)17-2)13(8-14)4-3-5-13/h6-7,15H,3-5,8,14H2,1-2H3. The van der Waals surface area contributed by atoms with Gasteiger partial charge in [-0.15, -0.1) is 0 Å². The largest absolute Gasteiger partial charge is 0.508 e. The molecule has 1 saturated carbocycles. The average molecular weight is 237 g/mol. The van der Waals surface area contributed by atoms with Crippen LogP contribution in [0, 0.1) is 0 Å². The number of phenols is 1. The topological polar surface area (TPSA) is 64.7 Å². The van der Waals surface area contributed by atoms with Gasteiger partial charge in [0.15, 0.2) is 11.5 Å². The number of rotatable bonds is 4. The number of nitrogens with two attached hydrogens (primary N) is 1. The zero-order valence-electron chi connectivity index (χ0n) is 10.3. The molecule has 4 nitrogen and oxygen atoms in total. The summed E-state index contributed by atoms with van der Waals surface area (Å²) in [7, 11) is 3.15. The molecule has 0 saturated heterocycles. The molecule has 1 aliphatic rings. The van der Waals surface area contributed by atoms with Gasteiger partial charge >= 0.3 is 0 Å². The molecule has 1 aliphatic carbocycles. The number of phenolic OH excluding ortho intramolecular Hbond substituents is 1. The van der Waals surface area contributed by atoms with Gasteiger partial charge in [0.2, 0.25) is 0 Å². The molecule has 1 fully saturated rings. The third-order valence-electron chi connectivity index (χ3n) is 3.77. The van der Waals surface area contributed by atoms with E-state index in [4.69, 9.17) is 15.2 Å². The first kappa shape index (κ1) is 12.0. The molecule has 4 heteroatoms. The second-order valence-electron chi connectivity index (χ2n) is 4.56. The smallest absolute Gasteiger partial charge is 0.164 e. The highest BCUT2D eigenvalue weighted by Gasteiger charge is 2.39. The summed E-state index contributed by atoms with van der Waals surface area (Å²) in [4.78, 5) is 0. The molecule has 0 bridgehead atoms. The fourth-order valence-corrected chi connectivity index (χ4v) is 2.48. The van der Waals surface area contributed by atoms with Gasteiger partial charge in [-0.1, -0.05) is 6.42 Å². The molecular weight excluding hydrogens is 218 g/mol. The van der Waals surface area contributed by atoms with Gasteiger partial charge in [0.1, 0.15) is 5.75 Å². The van der Waals surface area contributed by atoms with E-state index >= 15 is 0 Å². The Bertz CT molecular complexity index is 408. The maximum absolute atomic E-state index is 10.1. The van der Waals surface area contributed by atoms with E-state index in [0.29, 0.717) is 18.0 Å². The lowest BCUT2D eigenvalue weighted by molar-refractivity contribution is 0.243. The number of aromatic hydroxyl groups is 1. The first-order valence-corrected chi connectivity index (χ1v) is 5.82. The van der Waals surface area contributed by atoms with Gasteiger partial charge in [0.25, 0.3) is 0 Å². The van der Waals surface area contributed by atoms with Crippen molar-refractivity contribution in [3.8, 4) is 17.2 Å². The summed E-state index contributed by atoms with van der Waals surface area (Å²) in [5, 5.41) is 10.1. The average Bonchev–Trinajstić information content (AvgIpc) is 2.29. The van der Waals surface area contributed by atoms with Crippen LogP contribution in [0.25, 0.3) is 0 Å². The van der Waals surface area contributed by atoms with E-state index in [2.05, 4.69) is 0 Å². The zero-order chi connectivity index (χ0) is 12.5.